The van der Waals surface area contributed by atoms with E-state index in [1.807, 2.05) is 0 Å². The summed E-state index contributed by atoms with van der Waals surface area (Å²) in [5, 5.41) is 0. The number of likely N-dealkylation sites (tertiary alicyclic amines) is 1. The van der Waals surface area contributed by atoms with Gasteiger partial charge in [0.1, 0.15) is 0 Å². The third-order valence-electron chi connectivity index (χ3n) is 3.17. The van der Waals surface area contributed by atoms with E-state index in [0.717, 1.165) is 51.6 Å². The summed E-state index contributed by atoms with van der Waals surface area (Å²) >= 11 is 0. The van der Waals surface area contributed by atoms with Crippen LogP contribution in [-0.2, 0) is 4.74 Å². The molecule has 1 saturated heterocycles. The summed E-state index contributed by atoms with van der Waals surface area (Å²) in [5.74, 6) is 0.741. The molecule has 3 nitrogen and oxygen atoms in total. The highest BCUT2D eigenvalue weighted by molar-refractivity contribution is 4.98. The van der Waals surface area contributed by atoms with Crippen LogP contribution in [0.15, 0.2) is 0 Å². The second-order valence-corrected chi connectivity index (χ2v) is 5.22. The Bertz CT molecular complexity index is 176. The normalized spacial score (nSPS) is 20.6. The number of hydrogen-bond donors (Lipinski definition) is 1. The summed E-state index contributed by atoms with van der Waals surface area (Å²) in [6.45, 7) is 11.5. The Morgan fingerprint density at radius 1 is 1.33 bits per heavy atom. The van der Waals surface area contributed by atoms with Crippen LogP contribution in [0.25, 0.3) is 0 Å². The molecule has 0 bridgehead atoms. The molecule has 0 aliphatic carbocycles. The predicted molar refractivity (Wildman–Crippen MR) is 63.9 cm³/mol. The molecule has 3 heteroatoms. The van der Waals surface area contributed by atoms with Gasteiger partial charge in [0.25, 0.3) is 0 Å². The highest BCUT2D eigenvalue weighted by Gasteiger charge is 2.36. The quantitative estimate of drug-likeness (QED) is 0.652. The molecule has 0 aromatic rings. The van der Waals surface area contributed by atoms with Crippen LogP contribution in [0.1, 0.15) is 33.6 Å². The second-order valence-electron chi connectivity index (χ2n) is 5.22. The van der Waals surface area contributed by atoms with Gasteiger partial charge in [0.2, 0.25) is 0 Å². The lowest BCUT2D eigenvalue weighted by molar-refractivity contribution is 0.0283. The molecule has 0 aromatic heterocycles. The monoisotopic (exact) mass is 214 g/mol. The third-order valence-corrected chi connectivity index (χ3v) is 3.17. The van der Waals surface area contributed by atoms with Crippen molar-refractivity contribution < 1.29 is 4.74 Å². The lowest BCUT2D eigenvalue weighted by Crippen LogP contribution is -2.67. The van der Waals surface area contributed by atoms with Gasteiger partial charge in [-0.15, -0.1) is 0 Å². The molecular weight excluding hydrogens is 188 g/mol. The van der Waals surface area contributed by atoms with E-state index < -0.39 is 0 Å². The Balaban J connectivity index is 1.91. The van der Waals surface area contributed by atoms with Gasteiger partial charge >= 0.3 is 0 Å². The summed E-state index contributed by atoms with van der Waals surface area (Å²) in [5.41, 5.74) is 6.18. The first-order valence-corrected chi connectivity index (χ1v) is 6.15. The fourth-order valence-corrected chi connectivity index (χ4v) is 1.84. The van der Waals surface area contributed by atoms with Crippen LogP contribution in [0.3, 0.4) is 0 Å². The topological polar surface area (TPSA) is 38.5 Å². The maximum absolute atomic E-state index is 6.08. The predicted octanol–water partition coefficient (Wildman–Crippen LogP) is 1.47. The van der Waals surface area contributed by atoms with Gasteiger partial charge in [0, 0.05) is 31.8 Å². The molecule has 0 spiro atoms. The fourth-order valence-electron chi connectivity index (χ4n) is 1.84. The maximum Gasteiger partial charge on any atom is 0.0593 e. The van der Waals surface area contributed by atoms with Gasteiger partial charge in [-0.2, -0.15) is 0 Å². The number of nitrogens with zero attached hydrogens (tertiary/aromatic N) is 1. The summed E-state index contributed by atoms with van der Waals surface area (Å²) in [6, 6.07) is 0. The first kappa shape index (κ1) is 12.9. The van der Waals surface area contributed by atoms with Crippen LogP contribution >= 0.6 is 0 Å². The number of ether oxygens (including phenoxy) is 1. The lowest BCUT2D eigenvalue weighted by atomic mass is 9.88. The van der Waals surface area contributed by atoms with Crippen LogP contribution in [0.2, 0.25) is 0 Å². The third kappa shape index (κ3) is 4.49. The van der Waals surface area contributed by atoms with Gasteiger partial charge in [-0.3, -0.25) is 4.90 Å². The van der Waals surface area contributed by atoms with Crippen LogP contribution in [0.4, 0.5) is 0 Å². The average molecular weight is 214 g/mol. The summed E-state index contributed by atoms with van der Waals surface area (Å²) in [4.78, 5) is 2.37. The highest BCUT2D eigenvalue weighted by Crippen LogP contribution is 2.20. The summed E-state index contributed by atoms with van der Waals surface area (Å²) in [6.07, 6.45) is 2.24. The van der Waals surface area contributed by atoms with Gasteiger partial charge in [-0.1, -0.05) is 20.8 Å². The average Bonchev–Trinajstić information content (AvgIpc) is 2.13. The Morgan fingerprint density at radius 3 is 2.53 bits per heavy atom. The smallest absolute Gasteiger partial charge is 0.0593 e. The zero-order valence-corrected chi connectivity index (χ0v) is 10.5. The lowest BCUT2D eigenvalue weighted by Gasteiger charge is -2.47. The van der Waals surface area contributed by atoms with Crippen LogP contribution in [0.5, 0.6) is 0 Å². The zero-order valence-electron chi connectivity index (χ0n) is 10.5. The van der Waals surface area contributed by atoms with E-state index in [-0.39, 0.29) is 5.54 Å². The maximum atomic E-state index is 6.08. The van der Waals surface area contributed by atoms with Crippen molar-refractivity contribution >= 4 is 0 Å². The minimum absolute atomic E-state index is 0.0952. The molecule has 0 radical (unpaired) electrons. The standard InChI is InChI=1S/C12H26N2O/c1-4-12(13)9-14(10-12)6-8-15-7-5-11(2)3/h11H,4-10,13H2,1-3H3. The van der Waals surface area contributed by atoms with Crippen molar-refractivity contribution in [2.75, 3.05) is 32.8 Å². The van der Waals surface area contributed by atoms with Crippen LogP contribution in [0, 0.1) is 5.92 Å². The van der Waals surface area contributed by atoms with E-state index in [1.54, 1.807) is 0 Å². The van der Waals surface area contributed by atoms with Gasteiger partial charge in [-0.25, -0.2) is 0 Å². The molecule has 0 atom stereocenters. The molecule has 90 valence electrons. The Morgan fingerprint density at radius 2 is 2.00 bits per heavy atom. The van der Waals surface area contributed by atoms with Crippen molar-refractivity contribution in [3.05, 3.63) is 0 Å². The first-order chi connectivity index (χ1) is 7.06. The minimum Gasteiger partial charge on any atom is -0.380 e. The van der Waals surface area contributed by atoms with Crippen molar-refractivity contribution in [2.24, 2.45) is 11.7 Å². The number of nitrogens with two attached hydrogens (primary N) is 1. The largest absolute Gasteiger partial charge is 0.380 e. The van der Waals surface area contributed by atoms with E-state index >= 15 is 0 Å². The number of rotatable bonds is 7. The fraction of sp³-hybridized carbons (Fsp3) is 1.00. The summed E-state index contributed by atoms with van der Waals surface area (Å²) in [7, 11) is 0. The summed E-state index contributed by atoms with van der Waals surface area (Å²) < 4.78 is 5.57. The van der Waals surface area contributed by atoms with Crippen molar-refractivity contribution in [1.82, 2.24) is 4.90 Å². The molecule has 1 aliphatic heterocycles. The van der Waals surface area contributed by atoms with E-state index in [0.29, 0.717) is 0 Å². The Kier molecular flexibility index (Phi) is 5.03. The van der Waals surface area contributed by atoms with Crippen molar-refractivity contribution in [3.8, 4) is 0 Å². The minimum atomic E-state index is 0.0952. The molecule has 0 unspecified atom stereocenters. The highest BCUT2D eigenvalue weighted by atomic mass is 16.5. The van der Waals surface area contributed by atoms with Crippen LogP contribution in [-0.4, -0.2) is 43.3 Å². The van der Waals surface area contributed by atoms with E-state index in [2.05, 4.69) is 25.7 Å². The van der Waals surface area contributed by atoms with Crippen molar-refractivity contribution in [3.63, 3.8) is 0 Å². The molecule has 1 aliphatic rings. The van der Waals surface area contributed by atoms with Crippen LogP contribution < -0.4 is 5.73 Å². The van der Waals surface area contributed by atoms with Gasteiger partial charge < -0.3 is 10.5 Å². The van der Waals surface area contributed by atoms with Crippen molar-refractivity contribution in [1.29, 1.82) is 0 Å². The molecule has 1 fully saturated rings. The molecule has 0 aromatic carbocycles. The second kappa shape index (κ2) is 5.83. The van der Waals surface area contributed by atoms with Gasteiger partial charge in [0.05, 0.1) is 6.61 Å². The van der Waals surface area contributed by atoms with E-state index in [1.165, 1.54) is 0 Å². The van der Waals surface area contributed by atoms with E-state index in [9.17, 15) is 0 Å². The molecule has 15 heavy (non-hydrogen) atoms. The Hall–Kier alpha value is -0.120. The first-order valence-electron chi connectivity index (χ1n) is 6.15. The molecule has 0 amide bonds. The molecule has 1 heterocycles. The van der Waals surface area contributed by atoms with E-state index in [4.69, 9.17) is 10.5 Å². The Labute approximate surface area is 94.0 Å². The van der Waals surface area contributed by atoms with Gasteiger partial charge in [0.15, 0.2) is 0 Å². The van der Waals surface area contributed by atoms with Crippen molar-refractivity contribution in [2.45, 2.75) is 39.2 Å². The number of hydrogen-bond acceptors (Lipinski definition) is 3. The SMILES string of the molecule is CCC1(N)CN(CCOCCC(C)C)C1. The zero-order chi connectivity index (χ0) is 11.3. The molecule has 1 rings (SSSR count). The van der Waals surface area contributed by atoms with Gasteiger partial charge in [-0.05, 0) is 18.8 Å². The molecule has 0 saturated carbocycles. The molecule has 2 N–H and O–H groups in total. The molecular formula is C12H26N2O.